The van der Waals surface area contributed by atoms with E-state index < -0.39 is 47.1 Å². The molecule has 0 spiro atoms. The molecule has 10 heteroatoms. The van der Waals surface area contributed by atoms with Crippen LogP contribution in [0.5, 0.6) is 0 Å². The molecule has 1 aliphatic carbocycles. The van der Waals surface area contributed by atoms with Gasteiger partial charge in [-0.05, 0) is 56.0 Å². The minimum Gasteiger partial charge on any atom is -0.465 e. The summed E-state index contributed by atoms with van der Waals surface area (Å²) >= 11 is 1.38. The van der Waals surface area contributed by atoms with E-state index in [0.717, 1.165) is 4.88 Å². The summed E-state index contributed by atoms with van der Waals surface area (Å²) in [5.74, 6) is -6.69. The van der Waals surface area contributed by atoms with Crippen LogP contribution in [-0.4, -0.2) is 30.9 Å². The molecule has 7 nitrogen and oxygen atoms in total. The number of ketones is 1. The van der Waals surface area contributed by atoms with Crippen molar-refractivity contribution in [1.29, 1.82) is 0 Å². The number of halogens is 2. The highest BCUT2D eigenvalue weighted by Gasteiger charge is 2.52. The fourth-order valence-corrected chi connectivity index (χ4v) is 6.50. The summed E-state index contributed by atoms with van der Waals surface area (Å²) in [4.78, 5) is 43.6. The highest BCUT2D eigenvalue weighted by Crippen LogP contribution is 2.52. The Hall–Kier alpha value is -4.31. The summed E-state index contributed by atoms with van der Waals surface area (Å²) in [6.07, 6.45) is 0.114. The smallest absolute Gasteiger partial charge is 0.338 e. The number of carbonyl (C=O) groups is 3. The second kappa shape index (κ2) is 11.7. The molecule has 2 heterocycles. The van der Waals surface area contributed by atoms with E-state index in [4.69, 9.17) is 15.2 Å². The van der Waals surface area contributed by atoms with Gasteiger partial charge in [-0.25, -0.2) is 13.6 Å². The number of rotatable bonds is 7. The van der Waals surface area contributed by atoms with Crippen molar-refractivity contribution in [2.75, 3.05) is 18.1 Å². The van der Waals surface area contributed by atoms with Crippen molar-refractivity contribution in [3.63, 3.8) is 0 Å². The first kappa shape index (κ1) is 28.2. The van der Waals surface area contributed by atoms with Gasteiger partial charge in [-0.15, -0.1) is 11.3 Å². The molecule has 0 saturated heterocycles. The van der Waals surface area contributed by atoms with E-state index in [0.29, 0.717) is 5.70 Å². The fourth-order valence-electron chi connectivity index (χ4n) is 5.64. The van der Waals surface area contributed by atoms with Gasteiger partial charge < -0.3 is 15.2 Å². The van der Waals surface area contributed by atoms with Gasteiger partial charge in [-0.1, -0.05) is 30.3 Å². The molecule has 2 N–H and O–H groups in total. The normalized spacial score (nSPS) is 20.6. The first-order valence-electron chi connectivity index (χ1n) is 13.2. The molecule has 1 aromatic heterocycles. The van der Waals surface area contributed by atoms with Crippen LogP contribution in [0.2, 0.25) is 0 Å². The molecule has 0 radical (unpaired) electrons. The van der Waals surface area contributed by atoms with Crippen LogP contribution >= 0.6 is 11.3 Å². The summed E-state index contributed by atoms with van der Waals surface area (Å²) in [6.45, 7) is 3.30. The quantitative estimate of drug-likeness (QED) is 0.290. The molecule has 0 fully saturated rings. The van der Waals surface area contributed by atoms with Gasteiger partial charge in [0, 0.05) is 27.6 Å². The average molecular weight is 579 g/mol. The molecule has 1 aliphatic heterocycles. The van der Waals surface area contributed by atoms with Crippen molar-refractivity contribution in [3.8, 4) is 0 Å². The predicted molar refractivity (Wildman–Crippen MR) is 150 cm³/mol. The molecule has 0 bridgehead atoms. The molecule has 2 aromatic carbocycles. The Kier molecular flexibility index (Phi) is 8.03. The van der Waals surface area contributed by atoms with Crippen LogP contribution in [0.1, 0.15) is 42.5 Å². The van der Waals surface area contributed by atoms with Crippen LogP contribution in [0.4, 0.5) is 14.5 Å². The van der Waals surface area contributed by atoms with Gasteiger partial charge in [0.05, 0.1) is 30.4 Å². The van der Waals surface area contributed by atoms with E-state index in [1.54, 1.807) is 26.0 Å². The number of nitrogens with zero attached hydrogens (tertiary/aromatic N) is 1. The van der Waals surface area contributed by atoms with Gasteiger partial charge in [0.15, 0.2) is 5.78 Å². The molecule has 3 aromatic rings. The highest BCUT2D eigenvalue weighted by atomic mass is 32.1. The number of anilines is 1. The molecule has 0 amide bonds. The molecular formula is C31H28F2N2O5S. The Balaban J connectivity index is 1.83. The lowest BCUT2D eigenvalue weighted by molar-refractivity contribution is -0.152. The van der Waals surface area contributed by atoms with Crippen LogP contribution in [-0.2, 0) is 23.9 Å². The van der Waals surface area contributed by atoms with Gasteiger partial charge in [0.1, 0.15) is 23.4 Å². The first-order chi connectivity index (χ1) is 19.8. The zero-order valence-corrected chi connectivity index (χ0v) is 23.3. The fraction of sp³-hybridized carbons (Fsp3) is 0.258. The van der Waals surface area contributed by atoms with Crippen LogP contribution in [0.25, 0.3) is 0 Å². The third-order valence-electron chi connectivity index (χ3n) is 7.27. The third-order valence-corrected chi connectivity index (χ3v) is 8.27. The van der Waals surface area contributed by atoms with Gasteiger partial charge in [-0.2, -0.15) is 0 Å². The van der Waals surface area contributed by atoms with Gasteiger partial charge in [0.2, 0.25) is 0 Å². The number of allylic oxidation sites excluding steroid dienone is 2. The molecule has 3 atom stereocenters. The third kappa shape index (κ3) is 5.04. The summed E-state index contributed by atoms with van der Waals surface area (Å²) in [5, 5.41) is 1.84. The van der Waals surface area contributed by atoms with Gasteiger partial charge >= 0.3 is 11.9 Å². The van der Waals surface area contributed by atoms with E-state index in [-0.39, 0.29) is 47.9 Å². The molecule has 212 valence electrons. The topological polar surface area (TPSA) is 98.9 Å². The van der Waals surface area contributed by atoms with E-state index >= 15 is 4.39 Å². The summed E-state index contributed by atoms with van der Waals surface area (Å²) < 4.78 is 40.6. The minimum atomic E-state index is -1.27. The number of benzene rings is 2. The number of esters is 2. The largest absolute Gasteiger partial charge is 0.465 e. The lowest BCUT2D eigenvalue weighted by Gasteiger charge is -2.43. The van der Waals surface area contributed by atoms with Crippen molar-refractivity contribution in [2.24, 2.45) is 11.7 Å². The number of thiophene rings is 1. The van der Waals surface area contributed by atoms with Crippen molar-refractivity contribution >= 4 is 34.7 Å². The molecule has 5 rings (SSSR count). The summed E-state index contributed by atoms with van der Waals surface area (Å²) in [5.41, 5.74) is 7.17. The van der Waals surface area contributed by atoms with Crippen LogP contribution in [0, 0.1) is 17.6 Å². The number of hydrogen-bond donors (Lipinski definition) is 1. The minimum absolute atomic E-state index is 0.00861. The zero-order chi connectivity index (χ0) is 29.3. The van der Waals surface area contributed by atoms with Gasteiger partial charge in [0.25, 0.3) is 0 Å². The van der Waals surface area contributed by atoms with Gasteiger partial charge in [-0.3, -0.25) is 14.5 Å². The average Bonchev–Trinajstić information content (AvgIpc) is 3.48. The van der Waals surface area contributed by atoms with E-state index in [9.17, 15) is 18.8 Å². The standard InChI is InChI=1S/C31H28F2N2O5S/c1-3-39-30(37)25-20(23-13-8-14-41-23)16-22-26(28(25)36)24(19-11-5-6-12-21(19)33)27(31(38)40-4-2)29(34)35(22)18-10-7-9-17(32)15-18/h5-15,20,24-25H,3-4,16,34H2,1-2H3/t20-,24-,25-/m0/s1. The summed E-state index contributed by atoms with van der Waals surface area (Å²) in [7, 11) is 0. The number of ether oxygens (including phenoxy) is 2. The molecule has 0 saturated carbocycles. The number of Topliss-reactive ketones (excluding diaryl/α,β-unsaturated/α-hetero) is 1. The Morgan fingerprint density at radius 1 is 1.02 bits per heavy atom. The second-order valence-corrected chi connectivity index (χ2v) is 10.5. The number of nitrogens with two attached hydrogens (primary N) is 1. The summed E-state index contributed by atoms with van der Waals surface area (Å²) in [6, 6.07) is 15.0. The second-order valence-electron chi connectivity index (χ2n) is 9.57. The lowest BCUT2D eigenvalue weighted by Crippen LogP contribution is -2.46. The molecule has 0 unspecified atom stereocenters. The van der Waals surface area contributed by atoms with Crippen LogP contribution < -0.4 is 10.6 Å². The van der Waals surface area contributed by atoms with Crippen molar-refractivity contribution in [1.82, 2.24) is 0 Å². The Morgan fingerprint density at radius 3 is 2.44 bits per heavy atom. The van der Waals surface area contributed by atoms with Crippen molar-refractivity contribution < 1.29 is 32.6 Å². The number of hydrogen-bond acceptors (Lipinski definition) is 8. The Bertz CT molecular complexity index is 1570. The van der Waals surface area contributed by atoms with Crippen LogP contribution in [0.3, 0.4) is 0 Å². The Labute approximate surface area is 239 Å². The maximum Gasteiger partial charge on any atom is 0.338 e. The Morgan fingerprint density at radius 2 is 1.78 bits per heavy atom. The number of carbonyl (C=O) groups excluding carboxylic acids is 3. The monoisotopic (exact) mass is 578 g/mol. The highest BCUT2D eigenvalue weighted by molar-refractivity contribution is 7.10. The molecule has 2 aliphatic rings. The maximum atomic E-state index is 15.5. The first-order valence-corrected chi connectivity index (χ1v) is 14.1. The lowest BCUT2D eigenvalue weighted by atomic mass is 9.68. The maximum absolute atomic E-state index is 15.5. The van der Waals surface area contributed by atoms with E-state index in [1.807, 2.05) is 17.5 Å². The van der Waals surface area contributed by atoms with E-state index in [1.165, 1.54) is 52.6 Å². The van der Waals surface area contributed by atoms with Crippen molar-refractivity contribution in [3.05, 3.63) is 111 Å². The molecular weight excluding hydrogens is 550 g/mol. The SMILES string of the molecule is CCOC(=O)C1=C(N)N(c2cccc(F)c2)C2=C(C(=O)[C@@H](C(=O)OCC)[C@H](c3cccs3)C2)[C@@H]1c1ccccc1F. The zero-order valence-electron chi connectivity index (χ0n) is 22.4. The predicted octanol–water partition coefficient (Wildman–Crippen LogP) is 5.55. The van der Waals surface area contributed by atoms with E-state index in [2.05, 4.69) is 0 Å². The van der Waals surface area contributed by atoms with Crippen molar-refractivity contribution in [2.45, 2.75) is 32.1 Å². The molecule has 41 heavy (non-hydrogen) atoms. The van der Waals surface area contributed by atoms with Crippen LogP contribution in [0.15, 0.2) is 88.7 Å².